The molecule has 4 rings (SSSR count). The van der Waals surface area contributed by atoms with Crippen molar-refractivity contribution < 1.29 is 18.0 Å². The van der Waals surface area contributed by atoms with E-state index in [9.17, 15) is 18.0 Å². The highest BCUT2D eigenvalue weighted by molar-refractivity contribution is 7.91. The molecule has 1 unspecified atom stereocenters. The summed E-state index contributed by atoms with van der Waals surface area (Å²) in [5, 5.41) is 3.08. The van der Waals surface area contributed by atoms with Crippen LogP contribution in [0, 0.1) is 11.3 Å². The van der Waals surface area contributed by atoms with Crippen LogP contribution in [0.3, 0.4) is 0 Å². The molecule has 0 spiro atoms. The number of rotatable bonds is 7. The number of hydrogen-bond acceptors (Lipinski definition) is 8. The zero-order valence-corrected chi connectivity index (χ0v) is 22.0. The number of aryl methyl sites for hydroxylation is 1. The molecule has 0 fully saturated rings. The Morgan fingerprint density at radius 3 is 2.69 bits per heavy atom. The lowest BCUT2D eigenvalue weighted by atomic mass is 9.71. The van der Waals surface area contributed by atoms with Crippen molar-refractivity contribution in [2.45, 2.75) is 64.4 Å². The summed E-state index contributed by atoms with van der Waals surface area (Å²) in [6.45, 7) is 8.34. The fourth-order valence-corrected chi connectivity index (χ4v) is 6.00. The number of thiazole rings is 1. The molecule has 0 aliphatic heterocycles. The fourth-order valence-electron chi connectivity index (χ4n) is 4.37. The summed E-state index contributed by atoms with van der Waals surface area (Å²) >= 11 is 1.23. The summed E-state index contributed by atoms with van der Waals surface area (Å²) in [5.41, 5.74) is 3.76. The van der Waals surface area contributed by atoms with Crippen molar-refractivity contribution in [3.63, 3.8) is 0 Å². The molecule has 3 aromatic heterocycles. The van der Waals surface area contributed by atoms with Gasteiger partial charge in [-0.3, -0.25) is 4.79 Å². The summed E-state index contributed by atoms with van der Waals surface area (Å²) in [6.07, 6.45) is 5.10. The Balaban J connectivity index is 1.55. The summed E-state index contributed by atoms with van der Waals surface area (Å²) < 4.78 is 24.0. The van der Waals surface area contributed by atoms with E-state index in [1.54, 1.807) is 13.0 Å². The average molecular weight is 515 g/mol. The molecular formula is C25H30N4O4S2. The van der Waals surface area contributed by atoms with Crippen molar-refractivity contribution in [3.05, 3.63) is 46.2 Å². The van der Waals surface area contributed by atoms with Gasteiger partial charge in [-0.2, -0.15) is 0 Å². The van der Waals surface area contributed by atoms with E-state index in [0.29, 0.717) is 23.3 Å². The van der Waals surface area contributed by atoms with Gasteiger partial charge in [0.2, 0.25) is 0 Å². The third-order valence-corrected chi connectivity index (χ3v) is 9.27. The van der Waals surface area contributed by atoms with E-state index in [4.69, 9.17) is 4.98 Å². The second kappa shape index (κ2) is 9.73. The molecule has 0 aromatic carbocycles. The molecule has 3 heterocycles. The molecule has 0 saturated heterocycles. The summed E-state index contributed by atoms with van der Waals surface area (Å²) in [7, 11) is -3.44. The second-order valence-electron chi connectivity index (χ2n) is 10.0. The Bertz CT molecular complexity index is 1360. The quantitative estimate of drug-likeness (QED) is 0.472. The number of aromatic nitrogens is 3. The van der Waals surface area contributed by atoms with Crippen molar-refractivity contribution in [3.8, 4) is 0 Å². The van der Waals surface area contributed by atoms with E-state index in [1.807, 2.05) is 0 Å². The van der Waals surface area contributed by atoms with Crippen molar-refractivity contribution in [2.75, 3.05) is 5.75 Å². The lowest BCUT2D eigenvalue weighted by molar-refractivity contribution is -0.108. The Kier molecular flexibility index (Phi) is 7.06. The predicted octanol–water partition coefficient (Wildman–Crippen LogP) is 4.09. The van der Waals surface area contributed by atoms with Crippen LogP contribution in [0.1, 0.15) is 73.2 Å². The first-order valence-electron chi connectivity index (χ1n) is 11.7. The minimum atomic E-state index is -3.44. The normalized spacial score (nSPS) is 17.1. The highest BCUT2D eigenvalue weighted by Crippen LogP contribution is 2.38. The predicted molar refractivity (Wildman–Crippen MR) is 135 cm³/mol. The summed E-state index contributed by atoms with van der Waals surface area (Å²) in [4.78, 5) is 38.4. The van der Waals surface area contributed by atoms with Crippen molar-refractivity contribution in [1.29, 1.82) is 0 Å². The SMILES string of the molecule is CCS(=O)(=O)c1ccc([C@@H](CC=O)NC(=O)c2nc3cc4c(nc3s2)CCC(C(C)(C)C)C4)cn1. The maximum atomic E-state index is 13.0. The summed E-state index contributed by atoms with van der Waals surface area (Å²) in [5.74, 6) is 0.113. The highest BCUT2D eigenvalue weighted by Gasteiger charge is 2.30. The third-order valence-electron chi connectivity index (χ3n) is 6.67. The van der Waals surface area contributed by atoms with Crippen molar-refractivity contribution in [1.82, 2.24) is 20.3 Å². The van der Waals surface area contributed by atoms with Gasteiger partial charge in [0, 0.05) is 18.3 Å². The smallest absolute Gasteiger partial charge is 0.280 e. The zero-order valence-electron chi connectivity index (χ0n) is 20.4. The van der Waals surface area contributed by atoms with E-state index in [-0.39, 0.29) is 27.6 Å². The molecule has 186 valence electrons. The van der Waals surface area contributed by atoms with E-state index in [0.717, 1.165) is 29.8 Å². The van der Waals surface area contributed by atoms with Gasteiger partial charge < -0.3 is 10.1 Å². The monoisotopic (exact) mass is 514 g/mol. The van der Waals surface area contributed by atoms with Gasteiger partial charge in [0.15, 0.2) is 19.9 Å². The first kappa shape index (κ1) is 25.4. The molecule has 0 radical (unpaired) electrons. The van der Waals surface area contributed by atoms with Crippen LogP contribution in [0.2, 0.25) is 0 Å². The second-order valence-corrected chi connectivity index (χ2v) is 13.2. The number of carbonyl (C=O) groups excluding carboxylic acids is 2. The van der Waals surface area contributed by atoms with Crippen molar-refractivity contribution >= 4 is 43.7 Å². The van der Waals surface area contributed by atoms with Gasteiger partial charge in [-0.15, -0.1) is 0 Å². The number of pyridine rings is 2. The van der Waals surface area contributed by atoms with Gasteiger partial charge in [-0.25, -0.2) is 23.4 Å². The van der Waals surface area contributed by atoms with Crippen LogP contribution in [0.4, 0.5) is 0 Å². The Morgan fingerprint density at radius 1 is 1.29 bits per heavy atom. The van der Waals surface area contributed by atoms with Crippen LogP contribution in [0.5, 0.6) is 0 Å². The highest BCUT2D eigenvalue weighted by atomic mass is 32.2. The van der Waals surface area contributed by atoms with E-state index >= 15 is 0 Å². The average Bonchev–Trinajstić information content (AvgIpc) is 3.24. The van der Waals surface area contributed by atoms with Crippen LogP contribution in [0.15, 0.2) is 29.4 Å². The standard InChI is InChI=1S/C25H30N4O4S2/c1-5-35(32,33)21-9-6-15(14-26-21)19(10-11-30)27-22(31)24-29-20-13-16-12-17(25(2,3)4)7-8-18(16)28-23(20)34-24/h6,9,11,13-14,17,19H,5,7-8,10,12H2,1-4H3,(H,27,31)/t17?,19-/m1/s1. The van der Waals surface area contributed by atoms with Crippen molar-refractivity contribution in [2.24, 2.45) is 11.3 Å². The van der Waals surface area contributed by atoms with Crippen LogP contribution in [-0.2, 0) is 27.5 Å². The van der Waals surface area contributed by atoms with Crippen LogP contribution >= 0.6 is 11.3 Å². The molecular weight excluding hydrogens is 484 g/mol. The number of fused-ring (bicyclic) bond motifs is 2. The minimum Gasteiger partial charge on any atom is -0.343 e. The van der Waals surface area contributed by atoms with Gasteiger partial charge in [-0.1, -0.05) is 45.1 Å². The van der Waals surface area contributed by atoms with Crippen LogP contribution in [0.25, 0.3) is 10.3 Å². The van der Waals surface area contributed by atoms with Crippen LogP contribution < -0.4 is 5.32 Å². The molecule has 8 nitrogen and oxygen atoms in total. The number of aldehydes is 1. The van der Waals surface area contributed by atoms with E-state index < -0.39 is 21.8 Å². The largest absolute Gasteiger partial charge is 0.343 e. The minimum absolute atomic E-state index is 0.0267. The third kappa shape index (κ3) is 5.43. The topological polar surface area (TPSA) is 119 Å². The van der Waals surface area contributed by atoms with Gasteiger partial charge in [0.25, 0.3) is 5.91 Å². The Hall–Kier alpha value is -2.72. The molecule has 1 amide bonds. The van der Waals surface area contributed by atoms with E-state index in [1.165, 1.54) is 29.2 Å². The number of sulfone groups is 1. The number of nitrogens with zero attached hydrogens (tertiary/aromatic N) is 3. The van der Waals surface area contributed by atoms with E-state index in [2.05, 4.69) is 42.1 Å². The number of carbonyl (C=O) groups is 2. The molecule has 1 aliphatic carbocycles. The molecule has 1 aliphatic rings. The first-order valence-corrected chi connectivity index (χ1v) is 14.2. The molecule has 2 atom stereocenters. The number of amides is 1. The number of hydrogen-bond donors (Lipinski definition) is 1. The number of nitrogens with one attached hydrogen (secondary N) is 1. The lowest BCUT2D eigenvalue weighted by Gasteiger charge is -2.34. The van der Waals surface area contributed by atoms with Gasteiger partial charge >= 0.3 is 0 Å². The summed E-state index contributed by atoms with van der Waals surface area (Å²) in [6, 6.07) is 4.38. The maximum Gasteiger partial charge on any atom is 0.280 e. The van der Waals surface area contributed by atoms with Crippen LogP contribution in [-0.4, -0.2) is 41.3 Å². The molecule has 35 heavy (non-hydrogen) atoms. The van der Waals surface area contributed by atoms with Gasteiger partial charge in [0.1, 0.15) is 16.6 Å². The Morgan fingerprint density at radius 2 is 2.06 bits per heavy atom. The Labute approximate surface area is 209 Å². The molecule has 3 aromatic rings. The zero-order chi connectivity index (χ0) is 25.4. The van der Waals surface area contributed by atoms with Gasteiger partial charge in [-0.05, 0) is 53.9 Å². The molecule has 1 N–H and O–H groups in total. The molecule has 0 saturated carbocycles. The molecule has 10 heteroatoms. The lowest BCUT2D eigenvalue weighted by Crippen LogP contribution is -2.29. The van der Waals surface area contributed by atoms with Gasteiger partial charge in [0.05, 0.1) is 11.8 Å². The fraction of sp³-hybridized carbons (Fsp3) is 0.480. The molecule has 0 bridgehead atoms. The first-order chi connectivity index (χ1) is 16.5. The maximum absolute atomic E-state index is 13.0.